The van der Waals surface area contributed by atoms with Crippen molar-refractivity contribution in [3.05, 3.63) is 0 Å². The fourth-order valence-electron chi connectivity index (χ4n) is 1.80. The largest absolute Gasteiger partial charge is 0.480 e. The van der Waals surface area contributed by atoms with Crippen molar-refractivity contribution in [3.8, 4) is 0 Å². The SMILES string of the molecule is CC(C)(NC1CCCCC1O)C(=O)O. The average molecular weight is 201 g/mol. The molecule has 0 aliphatic heterocycles. The molecule has 2 unspecified atom stereocenters. The zero-order valence-corrected chi connectivity index (χ0v) is 8.79. The second kappa shape index (κ2) is 4.28. The van der Waals surface area contributed by atoms with Gasteiger partial charge in [0, 0.05) is 6.04 Å². The molecule has 2 atom stereocenters. The Morgan fingerprint density at radius 2 is 1.93 bits per heavy atom. The summed E-state index contributed by atoms with van der Waals surface area (Å²) in [7, 11) is 0. The van der Waals surface area contributed by atoms with Crippen LogP contribution < -0.4 is 5.32 Å². The van der Waals surface area contributed by atoms with Gasteiger partial charge in [0.25, 0.3) is 0 Å². The molecular formula is C10H19NO3. The zero-order chi connectivity index (χ0) is 10.8. The minimum atomic E-state index is -0.955. The second-order valence-electron chi connectivity index (χ2n) is 4.53. The smallest absolute Gasteiger partial charge is 0.323 e. The first-order chi connectivity index (χ1) is 6.43. The van der Waals surface area contributed by atoms with Gasteiger partial charge >= 0.3 is 5.97 Å². The number of aliphatic carboxylic acids is 1. The van der Waals surface area contributed by atoms with Gasteiger partial charge in [-0.25, -0.2) is 0 Å². The number of carboxylic acid groups (broad SMARTS) is 1. The first-order valence-corrected chi connectivity index (χ1v) is 5.12. The van der Waals surface area contributed by atoms with Crippen LogP contribution in [0, 0.1) is 0 Å². The van der Waals surface area contributed by atoms with E-state index < -0.39 is 17.6 Å². The molecule has 3 N–H and O–H groups in total. The van der Waals surface area contributed by atoms with E-state index in [-0.39, 0.29) is 6.04 Å². The van der Waals surface area contributed by atoms with Gasteiger partial charge in [-0.15, -0.1) is 0 Å². The number of aliphatic hydroxyl groups is 1. The molecule has 14 heavy (non-hydrogen) atoms. The molecule has 1 aliphatic rings. The topological polar surface area (TPSA) is 69.6 Å². The Balaban J connectivity index is 2.53. The molecule has 4 nitrogen and oxygen atoms in total. The summed E-state index contributed by atoms with van der Waals surface area (Å²) in [6, 6.07) is -0.0742. The zero-order valence-electron chi connectivity index (χ0n) is 8.79. The van der Waals surface area contributed by atoms with Crippen molar-refractivity contribution in [1.82, 2.24) is 5.32 Å². The quantitative estimate of drug-likeness (QED) is 0.630. The van der Waals surface area contributed by atoms with E-state index in [1.807, 2.05) is 0 Å². The molecule has 0 amide bonds. The van der Waals surface area contributed by atoms with Crippen LogP contribution in [0.25, 0.3) is 0 Å². The molecule has 1 saturated carbocycles. The van der Waals surface area contributed by atoms with Gasteiger partial charge in [0.15, 0.2) is 0 Å². The van der Waals surface area contributed by atoms with Crippen LogP contribution in [-0.2, 0) is 4.79 Å². The van der Waals surface area contributed by atoms with Gasteiger partial charge in [0.2, 0.25) is 0 Å². The fraction of sp³-hybridized carbons (Fsp3) is 0.900. The van der Waals surface area contributed by atoms with Crippen molar-refractivity contribution < 1.29 is 15.0 Å². The van der Waals surface area contributed by atoms with E-state index in [9.17, 15) is 9.90 Å². The number of carbonyl (C=O) groups is 1. The first kappa shape index (κ1) is 11.5. The van der Waals surface area contributed by atoms with E-state index >= 15 is 0 Å². The maximum Gasteiger partial charge on any atom is 0.323 e. The average Bonchev–Trinajstić information content (AvgIpc) is 2.08. The lowest BCUT2D eigenvalue weighted by molar-refractivity contribution is -0.144. The lowest BCUT2D eigenvalue weighted by Gasteiger charge is -2.34. The van der Waals surface area contributed by atoms with E-state index in [4.69, 9.17) is 5.11 Å². The first-order valence-electron chi connectivity index (χ1n) is 5.12. The molecule has 82 valence electrons. The fourth-order valence-corrected chi connectivity index (χ4v) is 1.80. The standard InChI is InChI=1S/C10H19NO3/c1-10(2,9(13)14)11-7-5-3-4-6-8(7)12/h7-8,11-12H,3-6H2,1-2H3,(H,13,14). The van der Waals surface area contributed by atoms with Crippen molar-refractivity contribution >= 4 is 5.97 Å². The monoisotopic (exact) mass is 201 g/mol. The summed E-state index contributed by atoms with van der Waals surface area (Å²) in [5.74, 6) is -0.879. The Hall–Kier alpha value is -0.610. The predicted molar refractivity (Wildman–Crippen MR) is 53.1 cm³/mol. The van der Waals surface area contributed by atoms with Crippen LogP contribution in [0.3, 0.4) is 0 Å². The molecule has 0 radical (unpaired) electrons. The van der Waals surface area contributed by atoms with Crippen molar-refractivity contribution in [3.63, 3.8) is 0 Å². The van der Waals surface area contributed by atoms with Crippen LogP contribution in [0.2, 0.25) is 0 Å². The Bertz CT molecular complexity index is 215. The maximum atomic E-state index is 10.9. The highest BCUT2D eigenvalue weighted by atomic mass is 16.4. The number of rotatable bonds is 3. The van der Waals surface area contributed by atoms with E-state index in [0.717, 1.165) is 25.7 Å². The van der Waals surface area contributed by atoms with Crippen molar-refractivity contribution in [1.29, 1.82) is 0 Å². The second-order valence-corrected chi connectivity index (χ2v) is 4.53. The molecule has 0 aromatic heterocycles. The summed E-state index contributed by atoms with van der Waals surface area (Å²) in [5.41, 5.74) is -0.955. The van der Waals surface area contributed by atoms with Crippen LogP contribution >= 0.6 is 0 Å². The lowest BCUT2D eigenvalue weighted by atomic mass is 9.90. The Kier molecular flexibility index (Phi) is 3.50. The van der Waals surface area contributed by atoms with Crippen LogP contribution in [0.15, 0.2) is 0 Å². The van der Waals surface area contributed by atoms with E-state index in [1.54, 1.807) is 13.8 Å². The van der Waals surface area contributed by atoms with Crippen molar-refractivity contribution in [2.75, 3.05) is 0 Å². The minimum absolute atomic E-state index is 0.0742. The van der Waals surface area contributed by atoms with Gasteiger partial charge in [-0.3, -0.25) is 10.1 Å². The van der Waals surface area contributed by atoms with Gasteiger partial charge in [0.1, 0.15) is 5.54 Å². The van der Waals surface area contributed by atoms with Crippen LogP contribution in [0.1, 0.15) is 39.5 Å². The highest BCUT2D eigenvalue weighted by Crippen LogP contribution is 2.20. The molecule has 0 heterocycles. The number of nitrogens with one attached hydrogen (secondary N) is 1. The van der Waals surface area contributed by atoms with E-state index in [2.05, 4.69) is 5.32 Å². The molecule has 0 aromatic rings. The number of aliphatic hydroxyl groups excluding tert-OH is 1. The highest BCUT2D eigenvalue weighted by Gasteiger charge is 2.33. The predicted octanol–water partition coefficient (Wildman–Crippen LogP) is 0.743. The number of hydrogen-bond acceptors (Lipinski definition) is 3. The Labute approximate surface area is 84.3 Å². The normalized spacial score (nSPS) is 28.8. The summed E-state index contributed by atoms with van der Waals surface area (Å²) >= 11 is 0. The van der Waals surface area contributed by atoms with Gasteiger partial charge in [-0.05, 0) is 26.7 Å². The van der Waals surface area contributed by atoms with Gasteiger partial charge in [-0.1, -0.05) is 12.8 Å². The van der Waals surface area contributed by atoms with Crippen LogP contribution in [0.4, 0.5) is 0 Å². The summed E-state index contributed by atoms with van der Waals surface area (Å²) < 4.78 is 0. The molecule has 0 spiro atoms. The van der Waals surface area contributed by atoms with Crippen LogP contribution in [0.5, 0.6) is 0 Å². The van der Waals surface area contributed by atoms with Crippen molar-refractivity contribution in [2.24, 2.45) is 0 Å². The highest BCUT2D eigenvalue weighted by molar-refractivity contribution is 5.77. The number of carboxylic acids is 1. The maximum absolute atomic E-state index is 10.9. The summed E-state index contributed by atoms with van der Waals surface area (Å²) in [6.45, 7) is 3.24. The molecule has 1 fully saturated rings. The van der Waals surface area contributed by atoms with E-state index in [0.29, 0.717) is 0 Å². The molecule has 1 rings (SSSR count). The minimum Gasteiger partial charge on any atom is -0.480 e. The summed E-state index contributed by atoms with van der Waals surface area (Å²) in [4.78, 5) is 10.9. The lowest BCUT2D eigenvalue weighted by Crippen LogP contribution is -2.56. The van der Waals surface area contributed by atoms with Gasteiger partial charge in [0.05, 0.1) is 6.10 Å². The third kappa shape index (κ3) is 2.69. The number of hydrogen-bond donors (Lipinski definition) is 3. The summed E-state index contributed by atoms with van der Waals surface area (Å²) in [5, 5.41) is 21.6. The molecule has 0 aromatic carbocycles. The Morgan fingerprint density at radius 3 is 2.43 bits per heavy atom. The van der Waals surface area contributed by atoms with Crippen molar-refractivity contribution in [2.45, 2.75) is 57.2 Å². The third-order valence-electron chi connectivity index (χ3n) is 2.81. The van der Waals surface area contributed by atoms with Crippen LogP contribution in [-0.4, -0.2) is 33.9 Å². The molecule has 4 heteroatoms. The molecule has 0 bridgehead atoms. The molecule has 1 aliphatic carbocycles. The Morgan fingerprint density at radius 1 is 1.36 bits per heavy atom. The van der Waals surface area contributed by atoms with Gasteiger partial charge < -0.3 is 10.2 Å². The third-order valence-corrected chi connectivity index (χ3v) is 2.81. The van der Waals surface area contributed by atoms with E-state index in [1.165, 1.54) is 0 Å². The summed E-state index contributed by atoms with van der Waals surface area (Å²) in [6.07, 6.45) is 3.32. The molecule has 0 saturated heterocycles. The molecular weight excluding hydrogens is 182 g/mol. The van der Waals surface area contributed by atoms with Gasteiger partial charge in [-0.2, -0.15) is 0 Å².